The second kappa shape index (κ2) is 4.57. The van der Waals surface area contributed by atoms with Crippen LogP contribution in [0.4, 0.5) is 10.2 Å². The summed E-state index contributed by atoms with van der Waals surface area (Å²) in [6.07, 6.45) is 3.43. The Labute approximate surface area is 88.6 Å². The van der Waals surface area contributed by atoms with Crippen molar-refractivity contribution in [2.45, 2.75) is 25.3 Å². The summed E-state index contributed by atoms with van der Waals surface area (Å²) in [5.41, 5.74) is 0. The highest BCUT2D eigenvalue weighted by Gasteiger charge is 2.25. The quantitative estimate of drug-likeness (QED) is 0.766. The molecule has 0 unspecified atom stereocenters. The highest BCUT2D eigenvalue weighted by Crippen LogP contribution is 2.28. The number of pyridine rings is 1. The van der Waals surface area contributed by atoms with Gasteiger partial charge in [0.25, 0.3) is 0 Å². The van der Waals surface area contributed by atoms with Crippen molar-refractivity contribution < 1.29 is 9.50 Å². The minimum atomic E-state index is -0.463. The Bertz CT molecular complexity index is 328. The molecule has 1 aliphatic carbocycles. The van der Waals surface area contributed by atoms with Gasteiger partial charge >= 0.3 is 0 Å². The zero-order chi connectivity index (χ0) is 10.7. The number of rotatable bonds is 4. The minimum Gasteiger partial charge on any atom is -0.395 e. The van der Waals surface area contributed by atoms with Crippen molar-refractivity contribution in [3.05, 3.63) is 24.1 Å². The average Bonchev–Trinajstić information content (AvgIpc) is 2.14. The van der Waals surface area contributed by atoms with Gasteiger partial charge in [0, 0.05) is 12.6 Å². The molecule has 0 atom stereocenters. The first kappa shape index (κ1) is 10.4. The van der Waals surface area contributed by atoms with Gasteiger partial charge in [0.15, 0.2) is 0 Å². The first-order valence-corrected chi connectivity index (χ1v) is 5.31. The van der Waals surface area contributed by atoms with Crippen LogP contribution in [0, 0.1) is 5.95 Å². The van der Waals surface area contributed by atoms with Crippen molar-refractivity contribution in [2.24, 2.45) is 0 Å². The van der Waals surface area contributed by atoms with Crippen molar-refractivity contribution in [3.63, 3.8) is 0 Å². The summed E-state index contributed by atoms with van der Waals surface area (Å²) in [6, 6.07) is 5.20. The Morgan fingerprint density at radius 2 is 2.27 bits per heavy atom. The van der Waals surface area contributed by atoms with E-state index in [2.05, 4.69) is 4.98 Å². The van der Waals surface area contributed by atoms with Crippen LogP contribution in [0.5, 0.6) is 0 Å². The van der Waals surface area contributed by atoms with Crippen LogP contribution in [-0.4, -0.2) is 29.3 Å². The first-order chi connectivity index (χ1) is 7.31. The number of aliphatic hydroxyl groups excluding tert-OH is 1. The number of nitrogens with zero attached hydrogens (tertiary/aromatic N) is 2. The number of hydrogen-bond acceptors (Lipinski definition) is 3. The lowest BCUT2D eigenvalue weighted by atomic mass is 9.91. The smallest absolute Gasteiger partial charge is 0.214 e. The molecule has 3 nitrogen and oxygen atoms in total. The van der Waals surface area contributed by atoms with Gasteiger partial charge < -0.3 is 10.0 Å². The molecule has 0 saturated heterocycles. The molecule has 1 N–H and O–H groups in total. The third-order valence-electron chi connectivity index (χ3n) is 2.85. The maximum atomic E-state index is 13.0. The SMILES string of the molecule is OCCN(c1cccc(F)n1)C1CCC1. The fourth-order valence-corrected chi connectivity index (χ4v) is 1.85. The normalized spacial score (nSPS) is 16.1. The molecule has 1 aromatic heterocycles. The Morgan fingerprint density at radius 3 is 2.80 bits per heavy atom. The first-order valence-electron chi connectivity index (χ1n) is 5.31. The van der Waals surface area contributed by atoms with E-state index in [1.165, 1.54) is 12.5 Å². The zero-order valence-corrected chi connectivity index (χ0v) is 8.56. The van der Waals surface area contributed by atoms with Crippen LogP contribution in [0.15, 0.2) is 18.2 Å². The molecule has 0 radical (unpaired) electrons. The van der Waals surface area contributed by atoms with Crippen LogP contribution in [0.2, 0.25) is 0 Å². The number of halogens is 1. The molecule has 1 heterocycles. The lowest BCUT2D eigenvalue weighted by molar-refractivity contribution is 0.282. The summed E-state index contributed by atoms with van der Waals surface area (Å²) in [5, 5.41) is 8.97. The van der Waals surface area contributed by atoms with Crippen LogP contribution < -0.4 is 4.90 Å². The monoisotopic (exact) mass is 210 g/mol. The predicted molar refractivity (Wildman–Crippen MR) is 56.3 cm³/mol. The van der Waals surface area contributed by atoms with E-state index in [0.29, 0.717) is 18.4 Å². The molecular formula is C11H15FN2O. The van der Waals surface area contributed by atoms with Gasteiger partial charge in [0.1, 0.15) is 5.82 Å². The van der Waals surface area contributed by atoms with E-state index in [4.69, 9.17) is 5.11 Å². The molecule has 0 aromatic carbocycles. The second-order valence-corrected chi connectivity index (χ2v) is 3.82. The van der Waals surface area contributed by atoms with Gasteiger partial charge in [0.05, 0.1) is 6.61 Å². The van der Waals surface area contributed by atoms with Crippen LogP contribution in [0.25, 0.3) is 0 Å². The molecule has 1 fully saturated rings. The van der Waals surface area contributed by atoms with Crippen LogP contribution in [0.1, 0.15) is 19.3 Å². The van der Waals surface area contributed by atoms with Gasteiger partial charge in [-0.25, -0.2) is 4.98 Å². The zero-order valence-electron chi connectivity index (χ0n) is 8.56. The lowest BCUT2D eigenvalue weighted by Gasteiger charge is -2.38. The third-order valence-corrected chi connectivity index (χ3v) is 2.85. The van der Waals surface area contributed by atoms with E-state index in [1.54, 1.807) is 12.1 Å². The van der Waals surface area contributed by atoms with Crippen molar-refractivity contribution in [2.75, 3.05) is 18.1 Å². The molecule has 0 aliphatic heterocycles. The third kappa shape index (κ3) is 2.26. The Hall–Kier alpha value is -1.16. The molecule has 15 heavy (non-hydrogen) atoms. The summed E-state index contributed by atoms with van der Waals surface area (Å²) in [4.78, 5) is 5.84. The van der Waals surface area contributed by atoms with Crippen LogP contribution in [-0.2, 0) is 0 Å². The fourth-order valence-electron chi connectivity index (χ4n) is 1.85. The lowest BCUT2D eigenvalue weighted by Crippen LogP contribution is -2.42. The highest BCUT2D eigenvalue weighted by molar-refractivity contribution is 5.40. The van der Waals surface area contributed by atoms with E-state index < -0.39 is 5.95 Å². The Morgan fingerprint density at radius 1 is 1.47 bits per heavy atom. The minimum absolute atomic E-state index is 0.0781. The summed E-state index contributed by atoms with van der Waals surface area (Å²) >= 11 is 0. The predicted octanol–water partition coefficient (Wildman–Crippen LogP) is 1.57. The van der Waals surface area contributed by atoms with Crippen molar-refractivity contribution in [1.82, 2.24) is 4.98 Å². The topological polar surface area (TPSA) is 36.4 Å². The van der Waals surface area contributed by atoms with Crippen molar-refractivity contribution in [1.29, 1.82) is 0 Å². The van der Waals surface area contributed by atoms with Crippen molar-refractivity contribution >= 4 is 5.82 Å². The summed E-state index contributed by atoms with van der Waals surface area (Å²) < 4.78 is 13.0. The van der Waals surface area contributed by atoms with E-state index in [1.807, 2.05) is 4.90 Å². The molecular weight excluding hydrogens is 195 g/mol. The van der Waals surface area contributed by atoms with E-state index in [0.717, 1.165) is 12.8 Å². The van der Waals surface area contributed by atoms with Crippen LogP contribution >= 0.6 is 0 Å². The Kier molecular flexibility index (Phi) is 3.16. The molecule has 0 amide bonds. The maximum absolute atomic E-state index is 13.0. The second-order valence-electron chi connectivity index (χ2n) is 3.82. The summed E-state index contributed by atoms with van der Waals surface area (Å²) in [7, 11) is 0. The molecule has 0 spiro atoms. The molecule has 1 saturated carbocycles. The van der Waals surface area contributed by atoms with Crippen LogP contribution in [0.3, 0.4) is 0 Å². The molecule has 82 valence electrons. The molecule has 4 heteroatoms. The van der Waals surface area contributed by atoms with Crippen molar-refractivity contribution in [3.8, 4) is 0 Å². The van der Waals surface area contributed by atoms with Gasteiger partial charge in [-0.05, 0) is 31.4 Å². The number of hydrogen-bond donors (Lipinski definition) is 1. The average molecular weight is 210 g/mol. The largest absolute Gasteiger partial charge is 0.395 e. The van der Waals surface area contributed by atoms with E-state index in [-0.39, 0.29) is 6.61 Å². The van der Waals surface area contributed by atoms with Gasteiger partial charge in [-0.15, -0.1) is 0 Å². The molecule has 1 aliphatic rings. The number of anilines is 1. The maximum Gasteiger partial charge on any atom is 0.214 e. The Balaban J connectivity index is 2.15. The van der Waals surface area contributed by atoms with E-state index in [9.17, 15) is 4.39 Å². The van der Waals surface area contributed by atoms with Gasteiger partial charge in [0.2, 0.25) is 5.95 Å². The molecule has 1 aromatic rings. The van der Waals surface area contributed by atoms with Gasteiger partial charge in [-0.2, -0.15) is 4.39 Å². The summed E-state index contributed by atoms with van der Waals surface area (Å²) in [6.45, 7) is 0.607. The van der Waals surface area contributed by atoms with Gasteiger partial charge in [-0.3, -0.25) is 0 Å². The fraction of sp³-hybridized carbons (Fsp3) is 0.545. The standard InChI is InChI=1S/C11H15FN2O/c12-10-5-2-6-11(13-10)14(7-8-15)9-3-1-4-9/h2,5-6,9,15H,1,3-4,7-8H2. The number of aromatic nitrogens is 1. The highest BCUT2D eigenvalue weighted by atomic mass is 19.1. The number of aliphatic hydroxyl groups is 1. The molecule has 2 rings (SSSR count). The summed E-state index contributed by atoms with van der Waals surface area (Å²) in [5.74, 6) is 0.170. The van der Waals surface area contributed by atoms with E-state index >= 15 is 0 Å². The van der Waals surface area contributed by atoms with Gasteiger partial charge in [-0.1, -0.05) is 6.07 Å². The molecule has 0 bridgehead atoms.